The molecule has 1 aromatic rings. The van der Waals surface area contributed by atoms with Crippen LogP contribution in [0.4, 0.5) is 10.5 Å². The molecule has 0 aromatic heterocycles. The van der Waals surface area contributed by atoms with Crippen LogP contribution in [0.15, 0.2) is 30.3 Å². The van der Waals surface area contributed by atoms with Gasteiger partial charge in [0, 0.05) is 37.8 Å². The molecule has 26 heavy (non-hydrogen) atoms. The molecule has 7 nitrogen and oxygen atoms in total. The lowest BCUT2D eigenvalue weighted by molar-refractivity contribution is -0.137. The van der Waals surface area contributed by atoms with Gasteiger partial charge in [0.2, 0.25) is 11.8 Å². The number of ether oxygens (including phenoxy) is 1. The summed E-state index contributed by atoms with van der Waals surface area (Å²) in [5.41, 5.74) is 0.827. The molecule has 0 aliphatic carbocycles. The Morgan fingerprint density at radius 1 is 1.23 bits per heavy atom. The van der Waals surface area contributed by atoms with Crippen LogP contribution in [0.25, 0.3) is 0 Å². The van der Waals surface area contributed by atoms with Crippen molar-refractivity contribution in [3.8, 4) is 0 Å². The number of alkyl carbamates (subject to hydrolysis) is 1. The van der Waals surface area contributed by atoms with Crippen LogP contribution in [0.1, 0.15) is 26.2 Å². The summed E-state index contributed by atoms with van der Waals surface area (Å²) in [6.45, 7) is 3.62. The maximum Gasteiger partial charge on any atom is 0.407 e. The number of hydrogen-bond acceptors (Lipinski definition) is 4. The Balaban J connectivity index is 1.59. The van der Waals surface area contributed by atoms with Gasteiger partial charge in [0.25, 0.3) is 0 Å². The average Bonchev–Trinajstić information content (AvgIpc) is 3.04. The molecule has 2 fully saturated rings. The molecule has 3 amide bonds. The molecule has 1 aromatic carbocycles. The van der Waals surface area contributed by atoms with E-state index in [4.69, 9.17) is 4.74 Å². The minimum atomic E-state index is -0.446. The van der Waals surface area contributed by atoms with Gasteiger partial charge in [-0.05, 0) is 31.9 Å². The Morgan fingerprint density at radius 2 is 2.00 bits per heavy atom. The van der Waals surface area contributed by atoms with Crippen molar-refractivity contribution >= 4 is 23.6 Å². The molecule has 1 N–H and O–H groups in total. The summed E-state index contributed by atoms with van der Waals surface area (Å²) in [6, 6.07) is 9.32. The normalized spacial score (nSPS) is 23.0. The number of nitrogens with zero attached hydrogens (tertiary/aromatic N) is 2. The molecule has 0 saturated carbocycles. The van der Waals surface area contributed by atoms with Gasteiger partial charge < -0.3 is 19.9 Å². The SMILES string of the molecule is CCOC(=O)N[C@@H]1CCCN(C(=O)[C@H]2CC(=O)N(c3ccccc3)C2)C1. The van der Waals surface area contributed by atoms with E-state index in [1.807, 2.05) is 30.3 Å². The van der Waals surface area contributed by atoms with E-state index in [1.165, 1.54) is 0 Å². The summed E-state index contributed by atoms with van der Waals surface area (Å²) in [6.07, 6.45) is 1.44. The summed E-state index contributed by atoms with van der Waals surface area (Å²) in [5.74, 6) is -0.357. The van der Waals surface area contributed by atoms with Crippen LogP contribution in [0, 0.1) is 5.92 Å². The van der Waals surface area contributed by atoms with Crippen LogP contribution in [0.3, 0.4) is 0 Å². The fourth-order valence-electron chi connectivity index (χ4n) is 3.62. The zero-order valence-electron chi connectivity index (χ0n) is 15.0. The monoisotopic (exact) mass is 359 g/mol. The van der Waals surface area contributed by atoms with Crippen LogP contribution >= 0.6 is 0 Å². The first-order valence-corrected chi connectivity index (χ1v) is 9.16. The fraction of sp³-hybridized carbons (Fsp3) is 0.526. The highest BCUT2D eigenvalue weighted by Crippen LogP contribution is 2.27. The Hall–Kier alpha value is -2.57. The number of carbonyl (C=O) groups is 3. The van der Waals surface area contributed by atoms with Crippen molar-refractivity contribution in [3.05, 3.63) is 30.3 Å². The third-order valence-electron chi connectivity index (χ3n) is 4.87. The summed E-state index contributed by atoms with van der Waals surface area (Å²) in [4.78, 5) is 40.3. The van der Waals surface area contributed by atoms with Crippen molar-refractivity contribution in [2.45, 2.75) is 32.2 Å². The summed E-state index contributed by atoms with van der Waals surface area (Å²) >= 11 is 0. The van der Waals surface area contributed by atoms with Crippen LogP contribution in [-0.4, -0.2) is 55.1 Å². The molecule has 7 heteroatoms. The van der Waals surface area contributed by atoms with E-state index >= 15 is 0 Å². The highest BCUT2D eigenvalue weighted by molar-refractivity contribution is 6.00. The maximum atomic E-state index is 12.9. The number of benzene rings is 1. The largest absolute Gasteiger partial charge is 0.450 e. The van der Waals surface area contributed by atoms with E-state index in [2.05, 4.69) is 5.32 Å². The molecule has 0 bridgehead atoms. The lowest BCUT2D eigenvalue weighted by Gasteiger charge is -2.34. The molecule has 3 rings (SSSR count). The molecule has 2 aliphatic heterocycles. The number of amides is 3. The van der Waals surface area contributed by atoms with Gasteiger partial charge in [0.05, 0.1) is 12.5 Å². The number of piperidine rings is 1. The van der Waals surface area contributed by atoms with E-state index in [0.717, 1.165) is 18.5 Å². The van der Waals surface area contributed by atoms with Crippen molar-refractivity contribution in [2.24, 2.45) is 5.92 Å². The standard InChI is InChI=1S/C19H25N3O4/c1-2-26-19(25)20-15-7-6-10-21(13-15)18(24)14-11-17(23)22(12-14)16-8-4-3-5-9-16/h3-5,8-9,14-15H,2,6-7,10-13H2,1H3,(H,20,25)/t14-,15+/m0/s1. The Labute approximate surface area is 153 Å². The van der Waals surface area contributed by atoms with Crippen molar-refractivity contribution in [1.29, 1.82) is 0 Å². The van der Waals surface area contributed by atoms with Gasteiger partial charge in [-0.1, -0.05) is 18.2 Å². The lowest BCUT2D eigenvalue weighted by Crippen LogP contribution is -2.51. The second-order valence-electron chi connectivity index (χ2n) is 6.73. The third kappa shape index (κ3) is 4.15. The van der Waals surface area contributed by atoms with Gasteiger partial charge in [-0.2, -0.15) is 0 Å². The molecule has 0 radical (unpaired) electrons. The second kappa shape index (κ2) is 8.21. The number of nitrogens with one attached hydrogen (secondary N) is 1. The quantitative estimate of drug-likeness (QED) is 0.889. The van der Waals surface area contributed by atoms with Gasteiger partial charge in [-0.25, -0.2) is 4.79 Å². The van der Waals surface area contributed by atoms with Gasteiger partial charge >= 0.3 is 6.09 Å². The molecule has 0 unspecified atom stereocenters. The summed E-state index contributed by atoms with van der Waals surface area (Å²) in [5, 5.41) is 2.81. The summed E-state index contributed by atoms with van der Waals surface area (Å²) < 4.78 is 4.91. The Bertz CT molecular complexity index is 664. The van der Waals surface area contributed by atoms with Crippen molar-refractivity contribution in [3.63, 3.8) is 0 Å². The number of carbonyl (C=O) groups excluding carboxylic acids is 3. The van der Waals surface area contributed by atoms with Crippen LogP contribution in [0.5, 0.6) is 0 Å². The van der Waals surface area contributed by atoms with E-state index in [1.54, 1.807) is 16.7 Å². The second-order valence-corrected chi connectivity index (χ2v) is 6.73. The minimum absolute atomic E-state index is 0.00728. The first kappa shape index (κ1) is 18.2. The number of likely N-dealkylation sites (tertiary alicyclic amines) is 1. The number of para-hydroxylation sites is 1. The molecular weight excluding hydrogens is 334 g/mol. The third-order valence-corrected chi connectivity index (χ3v) is 4.87. The number of rotatable bonds is 4. The van der Waals surface area contributed by atoms with Crippen molar-refractivity contribution in [1.82, 2.24) is 10.2 Å². The highest BCUT2D eigenvalue weighted by Gasteiger charge is 2.38. The molecular formula is C19H25N3O4. The summed E-state index contributed by atoms with van der Waals surface area (Å²) in [7, 11) is 0. The molecule has 2 aliphatic rings. The van der Waals surface area contributed by atoms with Crippen molar-refractivity contribution in [2.75, 3.05) is 31.1 Å². The first-order chi connectivity index (χ1) is 12.6. The van der Waals surface area contributed by atoms with Gasteiger partial charge in [-0.15, -0.1) is 0 Å². The number of hydrogen-bond donors (Lipinski definition) is 1. The number of anilines is 1. The highest BCUT2D eigenvalue weighted by atomic mass is 16.5. The van der Waals surface area contributed by atoms with Crippen LogP contribution in [0.2, 0.25) is 0 Å². The van der Waals surface area contributed by atoms with Crippen LogP contribution < -0.4 is 10.2 Å². The predicted octanol–water partition coefficient (Wildman–Crippen LogP) is 1.78. The van der Waals surface area contributed by atoms with E-state index in [0.29, 0.717) is 26.2 Å². The average molecular weight is 359 g/mol. The molecule has 2 saturated heterocycles. The smallest absolute Gasteiger partial charge is 0.407 e. The Morgan fingerprint density at radius 3 is 2.73 bits per heavy atom. The van der Waals surface area contributed by atoms with Crippen LogP contribution in [-0.2, 0) is 14.3 Å². The zero-order chi connectivity index (χ0) is 18.5. The zero-order valence-corrected chi connectivity index (χ0v) is 15.0. The molecule has 2 heterocycles. The maximum absolute atomic E-state index is 12.9. The lowest BCUT2D eigenvalue weighted by atomic mass is 10.0. The molecule has 2 atom stereocenters. The fourth-order valence-corrected chi connectivity index (χ4v) is 3.62. The van der Waals surface area contributed by atoms with Gasteiger partial charge in [0.1, 0.15) is 0 Å². The van der Waals surface area contributed by atoms with E-state index < -0.39 is 6.09 Å². The van der Waals surface area contributed by atoms with Gasteiger partial charge in [-0.3, -0.25) is 9.59 Å². The minimum Gasteiger partial charge on any atom is -0.450 e. The van der Waals surface area contributed by atoms with Crippen molar-refractivity contribution < 1.29 is 19.1 Å². The molecule has 140 valence electrons. The van der Waals surface area contributed by atoms with E-state index in [9.17, 15) is 14.4 Å². The van der Waals surface area contributed by atoms with Gasteiger partial charge in [0.15, 0.2) is 0 Å². The topological polar surface area (TPSA) is 79.0 Å². The first-order valence-electron chi connectivity index (χ1n) is 9.16. The predicted molar refractivity (Wildman–Crippen MR) is 96.7 cm³/mol. The van der Waals surface area contributed by atoms with E-state index in [-0.39, 0.29) is 30.2 Å². The molecule has 0 spiro atoms. The Kier molecular flexibility index (Phi) is 5.75.